The number of unbranched alkanes of at least 4 members (excludes halogenated alkanes) is 3. The number of carbonyl (C=O) groups is 2. The fraction of sp³-hybridized carbons (Fsp3) is 0.556. The van der Waals surface area contributed by atoms with Gasteiger partial charge in [-0.05, 0) is 0 Å². The van der Waals surface area contributed by atoms with Crippen molar-refractivity contribution in [2.45, 2.75) is 79.0 Å². The first-order chi connectivity index (χ1) is 15.5. The van der Waals surface area contributed by atoms with Crippen LogP contribution >= 0.6 is 0 Å². The monoisotopic (exact) mass is 550 g/mol. The number of allylic oxidation sites excluding steroid dienone is 1. The molecule has 0 radical (unpaired) electrons. The Hall–Kier alpha value is -1.56. The normalized spacial score (nSPS) is 12.5. The van der Waals surface area contributed by atoms with E-state index in [-0.39, 0.29) is 5.97 Å². The van der Waals surface area contributed by atoms with E-state index in [1.54, 1.807) is 0 Å². The van der Waals surface area contributed by atoms with Crippen LogP contribution in [0.1, 0.15) is 71.3 Å². The van der Waals surface area contributed by atoms with Gasteiger partial charge in [0.15, 0.2) is 0 Å². The van der Waals surface area contributed by atoms with E-state index in [1.807, 2.05) is 42.5 Å². The van der Waals surface area contributed by atoms with Gasteiger partial charge in [-0.2, -0.15) is 0 Å². The average Bonchev–Trinajstić information content (AvgIpc) is 2.83. The Morgan fingerprint density at radius 3 is 1.75 bits per heavy atom. The molecule has 4 nitrogen and oxygen atoms in total. The van der Waals surface area contributed by atoms with E-state index in [4.69, 9.17) is 9.47 Å². The molecule has 1 aromatic carbocycles. The Labute approximate surface area is 199 Å². The first-order valence-electron chi connectivity index (χ1n) is 12.1. The van der Waals surface area contributed by atoms with Crippen LogP contribution in [0, 0.1) is 0 Å². The number of rotatable bonds is 15. The third-order valence-electron chi connectivity index (χ3n) is 6.11. The van der Waals surface area contributed by atoms with Crippen LogP contribution in [0.15, 0.2) is 45.6 Å². The third kappa shape index (κ3) is 8.76. The molecular formula is C27H42O4Sn. The molecule has 1 rings (SSSR count). The van der Waals surface area contributed by atoms with Crippen molar-refractivity contribution in [3.63, 3.8) is 0 Å². The Morgan fingerprint density at radius 1 is 0.812 bits per heavy atom. The van der Waals surface area contributed by atoms with Gasteiger partial charge in [0.1, 0.15) is 0 Å². The van der Waals surface area contributed by atoms with Gasteiger partial charge in [0.25, 0.3) is 0 Å². The van der Waals surface area contributed by atoms with E-state index in [1.165, 1.54) is 14.2 Å². The minimum atomic E-state index is -3.24. The number of hydrogen-bond donors (Lipinski definition) is 0. The number of esters is 2. The van der Waals surface area contributed by atoms with Gasteiger partial charge in [-0.3, -0.25) is 0 Å². The molecular weight excluding hydrogens is 507 g/mol. The summed E-state index contributed by atoms with van der Waals surface area (Å²) in [5, 5.41) is 0. The SMILES string of the molecule is CCC[CH2][Sn]([CH2]CCC)([CH2]CCC)/[C](C(=O)OC)=C(\C/C=C/c1ccccc1)C(=O)OC. The summed E-state index contributed by atoms with van der Waals surface area (Å²) in [6.45, 7) is 6.59. The molecule has 0 aliphatic carbocycles. The summed E-state index contributed by atoms with van der Waals surface area (Å²) in [6.07, 6.45) is 10.9. The molecule has 32 heavy (non-hydrogen) atoms. The van der Waals surface area contributed by atoms with E-state index in [9.17, 15) is 9.59 Å². The summed E-state index contributed by atoms with van der Waals surface area (Å²) in [5.74, 6) is -0.702. The quantitative estimate of drug-likeness (QED) is 0.133. The summed E-state index contributed by atoms with van der Waals surface area (Å²) in [7, 11) is 2.84. The molecule has 0 fully saturated rings. The first-order valence-corrected chi connectivity index (χ1v) is 19.6. The molecule has 178 valence electrons. The van der Waals surface area contributed by atoms with Crippen molar-refractivity contribution in [1.82, 2.24) is 0 Å². The Kier molecular flexibility index (Phi) is 14.3. The van der Waals surface area contributed by atoms with Gasteiger partial charge in [-0.25, -0.2) is 0 Å². The molecule has 0 atom stereocenters. The summed E-state index contributed by atoms with van der Waals surface area (Å²) in [4.78, 5) is 26.3. The minimum absolute atomic E-state index is 0.308. The summed E-state index contributed by atoms with van der Waals surface area (Å²) in [5.41, 5.74) is 1.58. The van der Waals surface area contributed by atoms with E-state index in [0.29, 0.717) is 12.0 Å². The van der Waals surface area contributed by atoms with Crippen molar-refractivity contribution < 1.29 is 19.1 Å². The molecule has 0 aromatic heterocycles. The molecule has 0 amide bonds. The molecule has 0 saturated heterocycles. The van der Waals surface area contributed by atoms with Crippen molar-refractivity contribution in [3.8, 4) is 0 Å². The third-order valence-corrected chi connectivity index (χ3v) is 21.8. The molecule has 1 aromatic rings. The second-order valence-electron chi connectivity index (χ2n) is 8.44. The van der Waals surface area contributed by atoms with E-state index in [0.717, 1.165) is 61.0 Å². The second kappa shape index (κ2) is 16.1. The number of ether oxygens (including phenoxy) is 2. The number of hydrogen-bond acceptors (Lipinski definition) is 4. The van der Waals surface area contributed by atoms with Gasteiger partial charge < -0.3 is 0 Å². The maximum atomic E-state index is 13.3. The van der Waals surface area contributed by atoms with Gasteiger partial charge in [0, 0.05) is 0 Å². The Morgan fingerprint density at radius 2 is 1.31 bits per heavy atom. The molecule has 0 heterocycles. The molecule has 5 heteroatoms. The topological polar surface area (TPSA) is 52.6 Å². The van der Waals surface area contributed by atoms with E-state index >= 15 is 0 Å². The molecule has 0 unspecified atom stereocenters. The molecule has 0 N–H and O–H groups in total. The van der Waals surface area contributed by atoms with Crippen molar-refractivity contribution in [2.75, 3.05) is 14.2 Å². The van der Waals surface area contributed by atoms with Crippen LogP contribution in [-0.2, 0) is 19.1 Å². The molecule has 0 spiro atoms. The van der Waals surface area contributed by atoms with Crippen LogP contribution in [0.3, 0.4) is 0 Å². The predicted molar refractivity (Wildman–Crippen MR) is 136 cm³/mol. The van der Waals surface area contributed by atoms with Crippen LogP contribution in [0.25, 0.3) is 6.08 Å². The van der Waals surface area contributed by atoms with Gasteiger partial charge in [-0.1, -0.05) is 0 Å². The van der Waals surface area contributed by atoms with E-state index in [2.05, 4.69) is 20.8 Å². The van der Waals surface area contributed by atoms with Gasteiger partial charge in [0.2, 0.25) is 0 Å². The molecule has 0 bridgehead atoms. The summed E-state index contributed by atoms with van der Waals surface area (Å²) >= 11 is -3.24. The van der Waals surface area contributed by atoms with E-state index < -0.39 is 24.3 Å². The summed E-state index contributed by atoms with van der Waals surface area (Å²) < 4.78 is 14.5. The van der Waals surface area contributed by atoms with Gasteiger partial charge >= 0.3 is 200 Å². The zero-order valence-corrected chi connectivity index (χ0v) is 23.6. The number of methoxy groups -OCH3 is 2. The van der Waals surface area contributed by atoms with Crippen molar-refractivity contribution in [3.05, 3.63) is 51.1 Å². The standard InChI is InChI=1S/C15H15O4.3C4H9.Sn/c1-18-14(16)11-13(15(17)19-2)10-6-9-12-7-4-3-5-8-12;3*1-3-4-2;/h3-9H,10H2,1-2H3;3*1,3-4H2,2H3;/b9-6+,13-11?;;;;. The zero-order valence-electron chi connectivity index (χ0n) is 20.7. The van der Waals surface area contributed by atoms with Crippen molar-refractivity contribution >= 4 is 36.4 Å². The summed E-state index contributed by atoms with van der Waals surface area (Å²) in [6, 6.07) is 9.99. The van der Waals surface area contributed by atoms with Crippen molar-refractivity contribution in [2.24, 2.45) is 0 Å². The van der Waals surface area contributed by atoms with Crippen LogP contribution in [-0.4, -0.2) is 44.5 Å². The Balaban J connectivity index is 3.62. The van der Waals surface area contributed by atoms with Crippen LogP contribution < -0.4 is 0 Å². The van der Waals surface area contributed by atoms with Gasteiger partial charge in [-0.15, -0.1) is 0 Å². The van der Waals surface area contributed by atoms with Gasteiger partial charge in [0.05, 0.1) is 0 Å². The van der Waals surface area contributed by atoms with Crippen molar-refractivity contribution in [1.29, 1.82) is 0 Å². The second-order valence-corrected chi connectivity index (χ2v) is 21.5. The fourth-order valence-corrected chi connectivity index (χ4v) is 21.4. The first kappa shape index (κ1) is 28.5. The fourth-order valence-electron chi connectivity index (χ4n) is 4.35. The zero-order chi connectivity index (χ0) is 23.8. The molecule has 0 aliphatic rings. The predicted octanol–water partition coefficient (Wildman–Crippen LogP) is 7.12. The van der Waals surface area contributed by atoms with Crippen LogP contribution in [0.5, 0.6) is 0 Å². The molecule has 0 aliphatic heterocycles. The molecule has 0 saturated carbocycles. The van der Waals surface area contributed by atoms with Crippen LogP contribution in [0.4, 0.5) is 0 Å². The maximum absolute atomic E-state index is 13.3. The number of carbonyl (C=O) groups excluding carboxylic acids is 2. The average molecular weight is 549 g/mol. The number of benzene rings is 1. The Bertz CT molecular complexity index is 730. The van der Waals surface area contributed by atoms with Crippen LogP contribution in [0.2, 0.25) is 13.3 Å².